The Balaban J connectivity index is 0.805. The number of ether oxygens (including phenoxy) is 1. The Labute approximate surface area is 373 Å². The van der Waals surface area contributed by atoms with Crippen LogP contribution in [0.2, 0.25) is 0 Å². The lowest BCUT2D eigenvalue weighted by atomic mass is 9.99. The SMILES string of the molecule is CCc1cc(Nc2nc(Nc3ccccc3P(C)(C)=O)c3cc[nH]c3n2)c(OC)cc1N1CCC(N2CCN(CC#Cc3cccc4c3CN(C3CCC(=O)NC3=O)C4=O)CC2)CC1. The first-order chi connectivity index (χ1) is 31.0. The molecule has 0 bridgehead atoms. The molecule has 0 spiro atoms. The highest BCUT2D eigenvalue weighted by Gasteiger charge is 2.40. The zero-order valence-corrected chi connectivity index (χ0v) is 37.8. The van der Waals surface area contributed by atoms with E-state index in [-0.39, 0.29) is 18.2 Å². The number of anilines is 5. The monoisotopic (exact) mass is 882 g/mol. The zero-order chi connectivity index (χ0) is 44.5. The molecular formula is C48H55N10O5P. The molecule has 9 rings (SSSR count). The number of benzene rings is 3. The number of piperidine rings is 2. The molecule has 3 aromatic carbocycles. The Morgan fingerprint density at radius 2 is 1.70 bits per heavy atom. The highest BCUT2D eigenvalue weighted by Crippen LogP contribution is 2.40. The number of nitrogens with zero attached hydrogens (tertiary/aromatic N) is 6. The van der Waals surface area contributed by atoms with E-state index in [4.69, 9.17) is 14.7 Å². The smallest absolute Gasteiger partial charge is 0.255 e. The first-order valence-corrected chi connectivity index (χ1v) is 24.8. The average Bonchev–Trinajstić information content (AvgIpc) is 3.91. The Morgan fingerprint density at radius 3 is 2.45 bits per heavy atom. The second-order valence-corrected chi connectivity index (χ2v) is 20.5. The fourth-order valence-corrected chi connectivity index (χ4v) is 10.7. The molecule has 0 radical (unpaired) electrons. The van der Waals surface area contributed by atoms with Gasteiger partial charge < -0.3 is 34.7 Å². The summed E-state index contributed by atoms with van der Waals surface area (Å²) < 4.78 is 19.1. The van der Waals surface area contributed by atoms with Gasteiger partial charge in [-0.1, -0.05) is 37.0 Å². The maximum atomic E-state index is 13.2. The Kier molecular flexibility index (Phi) is 12.2. The minimum Gasteiger partial charge on any atom is -0.494 e. The molecule has 332 valence electrons. The molecule has 3 fully saturated rings. The summed E-state index contributed by atoms with van der Waals surface area (Å²) in [7, 11) is -0.865. The third-order valence-electron chi connectivity index (χ3n) is 13.0. The van der Waals surface area contributed by atoms with E-state index in [1.54, 1.807) is 31.4 Å². The van der Waals surface area contributed by atoms with Gasteiger partial charge in [-0.15, -0.1) is 0 Å². The summed E-state index contributed by atoms with van der Waals surface area (Å²) in [6.45, 7) is 12.5. The van der Waals surface area contributed by atoms with Crippen LogP contribution in [-0.2, 0) is 27.1 Å². The molecule has 4 aliphatic rings. The number of methoxy groups -OCH3 is 1. The van der Waals surface area contributed by atoms with Crippen molar-refractivity contribution in [3.05, 3.63) is 89.1 Å². The van der Waals surface area contributed by atoms with Crippen LogP contribution in [-0.4, -0.2) is 126 Å². The number of aromatic nitrogens is 3. The van der Waals surface area contributed by atoms with Gasteiger partial charge >= 0.3 is 0 Å². The molecule has 15 nitrogen and oxygen atoms in total. The van der Waals surface area contributed by atoms with Crippen LogP contribution in [0.25, 0.3) is 11.0 Å². The van der Waals surface area contributed by atoms with Gasteiger partial charge in [0.05, 0.1) is 30.4 Å². The number of piperazine rings is 1. The van der Waals surface area contributed by atoms with Crippen LogP contribution in [0.1, 0.15) is 59.7 Å². The number of aromatic amines is 1. The molecule has 1 atom stereocenters. The van der Waals surface area contributed by atoms with Gasteiger partial charge in [-0.2, -0.15) is 9.97 Å². The van der Waals surface area contributed by atoms with Crippen LogP contribution in [0.3, 0.4) is 0 Å². The number of carbonyl (C=O) groups excluding carboxylic acids is 3. The molecule has 3 amide bonds. The highest BCUT2D eigenvalue weighted by atomic mass is 31.2. The number of hydrogen-bond acceptors (Lipinski definition) is 12. The van der Waals surface area contributed by atoms with Crippen molar-refractivity contribution < 1.29 is 23.7 Å². The highest BCUT2D eigenvalue weighted by molar-refractivity contribution is 7.70. The number of fused-ring (bicyclic) bond motifs is 2. The molecule has 0 aliphatic carbocycles. The molecule has 6 heterocycles. The topological polar surface area (TPSA) is 168 Å². The lowest BCUT2D eigenvalue weighted by molar-refractivity contribution is -0.136. The largest absolute Gasteiger partial charge is 0.494 e. The molecule has 16 heteroatoms. The quantitative estimate of drug-likeness (QED) is 0.0731. The van der Waals surface area contributed by atoms with Gasteiger partial charge in [-0.25, -0.2) is 0 Å². The minimum atomic E-state index is -2.55. The minimum absolute atomic E-state index is 0.182. The zero-order valence-electron chi connectivity index (χ0n) is 36.9. The maximum absolute atomic E-state index is 13.2. The van der Waals surface area contributed by atoms with Gasteiger partial charge in [-0.05, 0) is 86.5 Å². The first-order valence-electron chi connectivity index (χ1n) is 22.2. The fraction of sp³-hybridized carbons (Fsp3) is 0.396. The van der Waals surface area contributed by atoms with Crippen LogP contribution in [0.15, 0.2) is 66.9 Å². The van der Waals surface area contributed by atoms with Crippen LogP contribution >= 0.6 is 7.14 Å². The molecule has 3 saturated heterocycles. The number of nitrogens with one attached hydrogen (secondary N) is 4. The van der Waals surface area contributed by atoms with Crippen molar-refractivity contribution in [1.29, 1.82) is 0 Å². The number of para-hydroxylation sites is 1. The number of carbonyl (C=O) groups is 3. The summed E-state index contributed by atoms with van der Waals surface area (Å²) in [5.74, 6) is 7.53. The van der Waals surface area contributed by atoms with Crippen molar-refractivity contribution in [2.75, 3.05) is 81.8 Å². The van der Waals surface area contributed by atoms with Crippen LogP contribution in [0.5, 0.6) is 5.75 Å². The average molecular weight is 883 g/mol. The predicted molar refractivity (Wildman–Crippen MR) is 251 cm³/mol. The fourth-order valence-electron chi connectivity index (χ4n) is 9.56. The van der Waals surface area contributed by atoms with Crippen molar-refractivity contribution in [3.8, 4) is 17.6 Å². The van der Waals surface area contributed by atoms with Crippen LogP contribution < -0.4 is 30.9 Å². The van der Waals surface area contributed by atoms with E-state index < -0.39 is 19.1 Å². The molecule has 4 N–H and O–H groups in total. The van der Waals surface area contributed by atoms with Gasteiger partial charge in [0.25, 0.3) is 5.91 Å². The van der Waals surface area contributed by atoms with E-state index in [1.165, 1.54) is 11.3 Å². The summed E-state index contributed by atoms with van der Waals surface area (Å²) in [6.07, 6.45) is 5.40. The molecule has 4 aliphatic heterocycles. The Morgan fingerprint density at radius 1 is 0.906 bits per heavy atom. The van der Waals surface area contributed by atoms with Crippen molar-refractivity contribution in [2.24, 2.45) is 0 Å². The lowest BCUT2D eigenvalue weighted by Crippen LogP contribution is -2.53. The number of H-pyrrole nitrogens is 1. The second-order valence-electron chi connectivity index (χ2n) is 17.4. The maximum Gasteiger partial charge on any atom is 0.255 e. The van der Waals surface area contributed by atoms with Crippen LogP contribution in [0.4, 0.5) is 28.8 Å². The lowest BCUT2D eigenvalue weighted by Gasteiger charge is -2.43. The van der Waals surface area contributed by atoms with Crippen molar-refractivity contribution in [3.63, 3.8) is 0 Å². The van der Waals surface area contributed by atoms with E-state index in [0.29, 0.717) is 54.3 Å². The summed E-state index contributed by atoms with van der Waals surface area (Å²) in [4.78, 5) is 59.5. The van der Waals surface area contributed by atoms with E-state index in [1.807, 2.05) is 48.7 Å². The summed E-state index contributed by atoms with van der Waals surface area (Å²) in [6, 6.07) is 19.3. The summed E-state index contributed by atoms with van der Waals surface area (Å²) in [5.41, 5.74) is 6.86. The number of aryl methyl sites for hydroxylation is 1. The molecular weight excluding hydrogens is 828 g/mol. The Hall–Kier alpha value is -6.20. The predicted octanol–water partition coefficient (Wildman–Crippen LogP) is 5.66. The second kappa shape index (κ2) is 18.1. The van der Waals surface area contributed by atoms with E-state index in [9.17, 15) is 18.9 Å². The molecule has 0 saturated carbocycles. The number of rotatable bonds is 11. The standard InChI is InChI=1S/C48H55N10O5P/c1-5-31-28-38(51-48-53-44-35(17-20-49-44)45(54-48)50-37-13-6-7-14-42(37)64(3,4)62)41(63-2)29-40(31)57-22-18-33(19-23-57)56-26-24-55(25-27-56)21-9-11-32-10-8-12-34-36(32)30-58(47(34)61)39-15-16-43(59)52-46(39)60/h6-8,10,12-14,17,20,28-29,33,39H,5,15-16,18-19,21-27,30H2,1-4H3,(H,52,59,60)(H3,49,50,51,53,54). The first kappa shape index (κ1) is 43.1. The molecule has 2 aromatic heterocycles. The number of imide groups is 1. The van der Waals surface area contributed by atoms with Crippen LogP contribution in [0, 0.1) is 11.8 Å². The molecule has 64 heavy (non-hydrogen) atoms. The molecule has 5 aromatic rings. The van der Waals surface area contributed by atoms with Gasteiger partial charge in [0.2, 0.25) is 17.8 Å². The van der Waals surface area contributed by atoms with E-state index in [0.717, 1.165) is 91.7 Å². The number of hydrogen-bond donors (Lipinski definition) is 4. The normalized spacial score (nSPS) is 18.8. The van der Waals surface area contributed by atoms with Gasteiger partial charge in [0, 0.05) is 92.7 Å². The van der Waals surface area contributed by atoms with E-state index >= 15 is 0 Å². The van der Waals surface area contributed by atoms with Crippen molar-refractivity contribution >= 4 is 70.0 Å². The summed E-state index contributed by atoms with van der Waals surface area (Å²) >= 11 is 0. The van der Waals surface area contributed by atoms with Crippen molar-refractivity contribution in [1.82, 2.24) is 35.0 Å². The van der Waals surface area contributed by atoms with Gasteiger partial charge in [-0.3, -0.25) is 29.5 Å². The van der Waals surface area contributed by atoms with Gasteiger partial charge in [0.15, 0.2) is 0 Å². The molecule has 1 unspecified atom stereocenters. The number of amides is 3. The third-order valence-corrected chi connectivity index (χ3v) is 14.6. The summed E-state index contributed by atoms with van der Waals surface area (Å²) in [5, 5.41) is 10.8. The third kappa shape index (κ3) is 8.82. The van der Waals surface area contributed by atoms with E-state index in [2.05, 4.69) is 66.5 Å². The van der Waals surface area contributed by atoms with Crippen molar-refractivity contribution in [2.45, 2.75) is 57.7 Å². The van der Waals surface area contributed by atoms with Gasteiger partial charge in [0.1, 0.15) is 30.4 Å². The Bertz CT molecular complexity index is 2720.